The molecular formula is C17H25NO2. The Labute approximate surface area is 121 Å². The number of hydrogen-bond acceptors (Lipinski definition) is 2. The molecule has 0 bridgehead atoms. The number of hydrogen-bond donors (Lipinski definition) is 1. The number of carbonyl (C=O) groups excluding carboxylic acids is 1. The molecule has 2 unspecified atom stereocenters. The van der Waals surface area contributed by atoms with E-state index in [2.05, 4.69) is 19.2 Å². The maximum absolute atomic E-state index is 12.3. The standard InChI is InChI=1S/C17H25NO2/c1-3-4-10-15-13-17(2,11-12-20-15)18-16(19)14-8-6-5-7-9-14/h5-9,15H,3-4,10-13H2,1-2H3,(H,18,19). The van der Waals surface area contributed by atoms with Crippen molar-refractivity contribution >= 4 is 5.91 Å². The number of amides is 1. The van der Waals surface area contributed by atoms with Crippen molar-refractivity contribution in [1.82, 2.24) is 5.32 Å². The van der Waals surface area contributed by atoms with Crippen molar-refractivity contribution in [2.45, 2.75) is 57.6 Å². The fourth-order valence-electron chi connectivity index (χ4n) is 2.78. The van der Waals surface area contributed by atoms with Crippen molar-refractivity contribution in [2.75, 3.05) is 6.61 Å². The van der Waals surface area contributed by atoms with Crippen LogP contribution in [-0.2, 0) is 4.74 Å². The van der Waals surface area contributed by atoms with Gasteiger partial charge in [0.1, 0.15) is 0 Å². The van der Waals surface area contributed by atoms with Gasteiger partial charge in [0, 0.05) is 17.7 Å². The van der Waals surface area contributed by atoms with Gasteiger partial charge in [0.15, 0.2) is 0 Å². The molecule has 20 heavy (non-hydrogen) atoms. The highest BCUT2D eigenvalue weighted by molar-refractivity contribution is 5.94. The summed E-state index contributed by atoms with van der Waals surface area (Å²) in [5.41, 5.74) is 0.578. The number of rotatable bonds is 5. The Morgan fingerprint density at radius 3 is 2.85 bits per heavy atom. The van der Waals surface area contributed by atoms with E-state index in [0.29, 0.717) is 0 Å². The van der Waals surface area contributed by atoms with E-state index in [0.717, 1.165) is 31.4 Å². The van der Waals surface area contributed by atoms with Gasteiger partial charge in [-0.2, -0.15) is 0 Å². The number of unbranched alkanes of at least 4 members (excludes halogenated alkanes) is 1. The Hall–Kier alpha value is -1.35. The fraction of sp³-hybridized carbons (Fsp3) is 0.588. The van der Waals surface area contributed by atoms with E-state index >= 15 is 0 Å². The van der Waals surface area contributed by atoms with Crippen LogP contribution < -0.4 is 5.32 Å². The Bertz CT molecular complexity index is 432. The zero-order chi connectivity index (χ0) is 14.4. The quantitative estimate of drug-likeness (QED) is 0.892. The van der Waals surface area contributed by atoms with Crippen molar-refractivity contribution in [3.8, 4) is 0 Å². The maximum Gasteiger partial charge on any atom is 0.251 e. The number of carbonyl (C=O) groups is 1. The van der Waals surface area contributed by atoms with Gasteiger partial charge in [0.25, 0.3) is 5.91 Å². The summed E-state index contributed by atoms with van der Waals surface area (Å²) in [5.74, 6) is 0.0178. The molecule has 2 rings (SSSR count). The Morgan fingerprint density at radius 1 is 1.40 bits per heavy atom. The summed E-state index contributed by atoms with van der Waals surface area (Å²) < 4.78 is 5.81. The zero-order valence-electron chi connectivity index (χ0n) is 12.5. The molecule has 1 saturated heterocycles. The molecular weight excluding hydrogens is 250 g/mol. The van der Waals surface area contributed by atoms with Crippen LogP contribution in [0, 0.1) is 0 Å². The summed E-state index contributed by atoms with van der Waals surface area (Å²) in [7, 11) is 0. The van der Waals surface area contributed by atoms with E-state index in [-0.39, 0.29) is 17.6 Å². The molecule has 0 saturated carbocycles. The second-order valence-electron chi connectivity index (χ2n) is 5.97. The number of benzene rings is 1. The minimum absolute atomic E-state index is 0.0178. The third kappa shape index (κ3) is 4.07. The van der Waals surface area contributed by atoms with Crippen LogP contribution in [0.2, 0.25) is 0 Å². The Morgan fingerprint density at radius 2 is 2.15 bits per heavy atom. The average molecular weight is 275 g/mol. The predicted octanol–water partition coefficient (Wildman–Crippen LogP) is 3.54. The lowest BCUT2D eigenvalue weighted by atomic mass is 9.86. The van der Waals surface area contributed by atoms with Crippen molar-refractivity contribution < 1.29 is 9.53 Å². The van der Waals surface area contributed by atoms with Crippen molar-refractivity contribution in [3.63, 3.8) is 0 Å². The molecule has 1 amide bonds. The first-order valence-electron chi connectivity index (χ1n) is 7.62. The SMILES string of the molecule is CCCCC1CC(C)(NC(=O)c2ccccc2)CCO1. The van der Waals surface area contributed by atoms with E-state index in [1.807, 2.05) is 30.3 Å². The van der Waals surface area contributed by atoms with Crippen LogP contribution in [0.25, 0.3) is 0 Å². The van der Waals surface area contributed by atoms with Crippen LogP contribution in [0.3, 0.4) is 0 Å². The van der Waals surface area contributed by atoms with Gasteiger partial charge in [-0.1, -0.05) is 38.0 Å². The molecule has 3 heteroatoms. The average Bonchev–Trinajstić information content (AvgIpc) is 2.45. The van der Waals surface area contributed by atoms with Crippen LogP contribution >= 0.6 is 0 Å². The molecule has 110 valence electrons. The number of nitrogens with one attached hydrogen (secondary N) is 1. The molecule has 0 aromatic heterocycles. The van der Waals surface area contributed by atoms with E-state index in [4.69, 9.17) is 4.74 Å². The topological polar surface area (TPSA) is 38.3 Å². The lowest BCUT2D eigenvalue weighted by Gasteiger charge is -2.39. The minimum atomic E-state index is -0.149. The largest absolute Gasteiger partial charge is 0.378 e. The molecule has 0 aliphatic carbocycles. The molecule has 1 heterocycles. The summed E-state index contributed by atoms with van der Waals surface area (Å²) in [6.07, 6.45) is 5.54. The molecule has 1 fully saturated rings. The first kappa shape index (κ1) is 15.0. The highest BCUT2D eigenvalue weighted by Gasteiger charge is 2.34. The van der Waals surface area contributed by atoms with Crippen LogP contribution in [0.4, 0.5) is 0 Å². The third-order valence-corrected chi connectivity index (χ3v) is 4.02. The first-order valence-corrected chi connectivity index (χ1v) is 7.62. The lowest BCUT2D eigenvalue weighted by Crippen LogP contribution is -2.51. The predicted molar refractivity (Wildman–Crippen MR) is 80.8 cm³/mol. The molecule has 1 aliphatic rings. The second-order valence-corrected chi connectivity index (χ2v) is 5.97. The highest BCUT2D eigenvalue weighted by atomic mass is 16.5. The number of ether oxygens (including phenoxy) is 1. The molecule has 1 aliphatic heterocycles. The molecule has 2 atom stereocenters. The van der Waals surface area contributed by atoms with Crippen molar-refractivity contribution in [1.29, 1.82) is 0 Å². The monoisotopic (exact) mass is 275 g/mol. The summed E-state index contributed by atoms with van der Waals surface area (Å²) in [5, 5.41) is 3.20. The Balaban J connectivity index is 1.94. The molecule has 1 N–H and O–H groups in total. The van der Waals surface area contributed by atoms with Crippen molar-refractivity contribution in [3.05, 3.63) is 35.9 Å². The van der Waals surface area contributed by atoms with Gasteiger partial charge < -0.3 is 10.1 Å². The lowest BCUT2D eigenvalue weighted by molar-refractivity contribution is -0.0268. The van der Waals surface area contributed by atoms with Gasteiger partial charge in [-0.15, -0.1) is 0 Å². The normalized spacial score (nSPS) is 26.2. The Kier molecular flexibility index (Phi) is 5.18. The van der Waals surface area contributed by atoms with Crippen molar-refractivity contribution in [2.24, 2.45) is 0 Å². The fourth-order valence-corrected chi connectivity index (χ4v) is 2.78. The van der Waals surface area contributed by atoms with E-state index in [1.54, 1.807) is 0 Å². The van der Waals surface area contributed by atoms with E-state index < -0.39 is 0 Å². The van der Waals surface area contributed by atoms with Gasteiger partial charge >= 0.3 is 0 Å². The molecule has 0 radical (unpaired) electrons. The third-order valence-electron chi connectivity index (χ3n) is 4.02. The smallest absolute Gasteiger partial charge is 0.251 e. The van der Waals surface area contributed by atoms with Gasteiger partial charge in [0.2, 0.25) is 0 Å². The minimum Gasteiger partial charge on any atom is -0.378 e. The van der Waals surface area contributed by atoms with E-state index in [9.17, 15) is 4.79 Å². The summed E-state index contributed by atoms with van der Waals surface area (Å²) in [6, 6.07) is 9.42. The van der Waals surface area contributed by atoms with Gasteiger partial charge in [-0.3, -0.25) is 4.79 Å². The molecule has 1 aromatic rings. The second kappa shape index (κ2) is 6.89. The molecule has 1 aromatic carbocycles. The van der Waals surface area contributed by atoms with Gasteiger partial charge in [0.05, 0.1) is 6.10 Å². The van der Waals surface area contributed by atoms with E-state index in [1.165, 1.54) is 12.8 Å². The maximum atomic E-state index is 12.3. The highest BCUT2D eigenvalue weighted by Crippen LogP contribution is 2.27. The summed E-state index contributed by atoms with van der Waals surface area (Å²) in [4.78, 5) is 12.3. The summed E-state index contributed by atoms with van der Waals surface area (Å²) >= 11 is 0. The zero-order valence-corrected chi connectivity index (χ0v) is 12.5. The molecule has 3 nitrogen and oxygen atoms in total. The van der Waals surface area contributed by atoms with Crippen LogP contribution in [-0.4, -0.2) is 24.2 Å². The van der Waals surface area contributed by atoms with Crippen LogP contribution in [0.1, 0.15) is 56.3 Å². The van der Waals surface area contributed by atoms with Crippen LogP contribution in [0.5, 0.6) is 0 Å². The molecule has 0 spiro atoms. The van der Waals surface area contributed by atoms with Crippen LogP contribution in [0.15, 0.2) is 30.3 Å². The summed E-state index contributed by atoms with van der Waals surface area (Å²) in [6.45, 7) is 5.06. The first-order chi connectivity index (χ1) is 9.63. The van der Waals surface area contributed by atoms with Gasteiger partial charge in [-0.05, 0) is 38.3 Å². The van der Waals surface area contributed by atoms with Gasteiger partial charge in [-0.25, -0.2) is 0 Å².